The van der Waals surface area contributed by atoms with Crippen molar-refractivity contribution in [1.82, 2.24) is 0 Å². The molecule has 2 unspecified atom stereocenters. The van der Waals surface area contributed by atoms with E-state index in [1.807, 2.05) is 18.2 Å². The first kappa shape index (κ1) is 7.99. The summed E-state index contributed by atoms with van der Waals surface area (Å²) in [5.74, 6) is 0. The van der Waals surface area contributed by atoms with Gasteiger partial charge >= 0.3 is 0 Å². The average molecular weight is 190 g/mol. The monoisotopic (exact) mass is 190 g/mol. The Morgan fingerprint density at radius 2 is 2.29 bits per heavy atom. The molecule has 1 aromatic carbocycles. The molecule has 0 spiro atoms. The zero-order valence-corrected chi connectivity index (χ0v) is 7.25. The van der Waals surface area contributed by atoms with E-state index in [1.165, 1.54) is 0 Å². The molecule has 4 heteroatoms. The lowest BCUT2D eigenvalue weighted by atomic mass is 9.96. The molecule has 0 aromatic heterocycles. The van der Waals surface area contributed by atoms with Crippen molar-refractivity contribution in [3.63, 3.8) is 0 Å². The molecule has 4 nitrogen and oxygen atoms in total. The summed E-state index contributed by atoms with van der Waals surface area (Å²) in [6, 6.07) is 5.22. The van der Waals surface area contributed by atoms with Gasteiger partial charge in [0.05, 0.1) is 5.69 Å². The van der Waals surface area contributed by atoms with E-state index in [9.17, 15) is 5.21 Å². The van der Waals surface area contributed by atoms with Gasteiger partial charge in [-0.15, -0.1) is 0 Å². The first-order chi connectivity index (χ1) is 6.77. The van der Waals surface area contributed by atoms with Crippen LogP contribution >= 0.6 is 0 Å². The van der Waals surface area contributed by atoms with Gasteiger partial charge in [-0.1, -0.05) is 24.3 Å². The van der Waals surface area contributed by atoms with E-state index in [4.69, 9.17) is 9.94 Å². The van der Waals surface area contributed by atoms with Crippen molar-refractivity contribution in [1.29, 1.82) is 0 Å². The van der Waals surface area contributed by atoms with Gasteiger partial charge in [-0.2, -0.15) is 0 Å². The summed E-state index contributed by atoms with van der Waals surface area (Å²) in [7, 11) is 0. The highest BCUT2D eigenvalue weighted by Gasteiger charge is 2.43. The number of hydrogen-bond acceptors (Lipinski definition) is 4. The van der Waals surface area contributed by atoms with Gasteiger partial charge in [-0.05, 0) is 11.6 Å². The summed E-state index contributed by atoms with van der Waals surface area (Å²) in [5.41, 5.74) is 2.01. The molecule has 1 aromatic rings. The molecular weight excluding hydrogens is 182 g/mol. The van der Waals surface area contributed by atoms with Gasteiger partial charge in [-0.3, -0.25) is 5.21 Å². The number of rotatable bonds is 1. The van der Waals surface area contributed by atoms with Gasteiger partial charge < -0.3 is 15.2 Å². The first-order valence-electron chi connectivity index (χ1n) is 4.40. The van der Waals surface area contributed by atoms with Crippen LogP contribution in [0.1, 0.15) is 17.2 Å². The number of nitrogens with zero attached hydrogens (tertiary/aromatic N) is 1. The molecule has 2 aliphatic rings. The SMILES string of the molecule is [O-]N(O)c1cccc2c1C1OC1C=C2. The quantitative estimate of drug-likeness (QED) is 0.542. The topological polar surface area (TPSA) is 59.1 Å². The normalized spacial score (nSPS) is 26.7. The van der Waals surface area contributed by atoms with Crippen LogP contribution in [-0.2, 0) is 4.74 Å². The van der Waals surface area contributed by atoms with E-state index < -0.39 is 0 Å². The Kier molecular flexibility index (Phi) is 1.47. The predicted octanol–water partition coefficient (Wildman–Crippen LogP) is 1.85. The van der Waals surface area contributed by atoms with E-state index in [1.54, 1.807) is 12.1 Å². The van der Waals surface area contributed by atoms with Crippen molar-refractivity contribution in [2.45, 2.75) is 12.2 Å². The maximum atomic E-state index is 10.9. The van der Waals surface area contributed by atoms with Crippen LogP contribution < -0.4 is 5.23 Å². The van der Waals surface area contributed by atoms with Crippen molar-refractivity contribution >= 4 is 11.8 Å². The minimum absolute atomic E-state index is 0.0465. The highest BCUT2D eigenvalue weighted by molar-refractivity contribution is 5.69. The van der Waals surface area contributed by atoms with Crippen LogP contribution in [0.4, 0.5) is 5.69 Å². The second kappa shape index (κ2) is 2.57. The average Bonchev–Trinajstić information content (AvgIpc) is 2.95. The number of hydrogen-bond donors (Lipinski definition) is 1. The maximum absolute atomic E-state index is 10.9. The Morgan fingerprint density at radius 3 is 3.07 bits per heavy atom. The maximum Gasteiger partial charge on any atom is 0.116 e. The summed E-state index contributed by atoms with van der Waals surface area (Å²) in [6.45, 7) is 0. The zero-order chi connectivity index (χ0) is 9.71. The Labute approximate surface area is 80.6 Å². The molecule has 0 radical (unpaired) electrons. The van der Waals surface area contributed by atoms with Crippen LogP contribution in [-0.4, -0.2) is 11.3 Å². The highest BCUT2D eigenvalue weighted by atomic mass is 16.8. The predicted molar refractivity (Wildman–Crippen MR) is 50.7 cm³/mol. The molecule has 2 atom stereocenters. The van der Waals surface area contributed by atoms with Crippen LogP contribution in [0, 0.1) is 5.21 Å². The molecule has 1 aliphatic carbocycles. The summed E-state index contributed by atoms with van der Waals surface area (Å²) >= 11 is 0. The second-order valence-electron chi connectivity index (χ2n) is 3.43. The van der Waals surface area contributed by atoms with E-state index in [2.05, 4.69) is 0 Å². The standard InChI is InChI=1S/C10H8NO3/c12-11(13)7-3-1-2-6-4-5-8-10(14-8)9(6)7/h1-5,8,10,12H/q-1. The molecule has 3 rings (SSSR count). The second-order valence-corrected chi connectivity index (χ2v) is 3.43. The third-order valence-electron chi connectivity index (χ3n) is 2.60. The molecule has 0 saturated carbocycles. The fourth-order valence-corrected chi connectivity index (χ4v) is 1.89. The fraction of sp³-hybridized carbons (Fsp3) is 0.200. The van der Waals surface area contributed by atoms with Gasteiger partial charge in [0.2, 0.25) is 0 Å². The highest BCUT2D eigenvalue weighted by Crippen LogP contribution is 2.48. The molecule has 1 fully saturated rings. The summed E-state index contributed by atoms with van der Waals surface area (Å²) in [5, 5.41) is 19.7. The van der Waals surface area contributed by atoms with Crippen LogP contribution in [0.15, 0.2) is 24.3 Å². The van der Waals surface area contributed by atoms with Crippen molar-refractivity contribution in [3.8, 4) is 0 Å². The van der Waals surface area contributed by atoms with Gasteiger partial charge in [0.1, 0.15) is 12.2 Å². The number of ether oxygens (including phenoxy) is 1. The molecular formula is C10H8NO3-. The number of benzene rings is 1. The minimum Gasteiger partial charge on any atom is -0.733 e. The van der Waals surface area contributed by atoms with E-state index >= 15 is 0 Å². The van der Waals surface area contributed by atoms with Crippen LogP contribution in [0.5, 0.6) is 0 Å². The number of epoxide rings is 1. The Balaban J connectivity index is 2.19. The molecule has 1 N–H and O–H groups in total. The third-order valence-corrected chi connectivity index (χ3v) is 2.60. The third kappa shape index (κ3) is 0.988. The summed E-state index contributed by atoms with van der Waals surface area (Å²) < 4.78 is 5.33. The van der Waals surface area contributed by atoms with Gasteiger partial charge in [0.15, 0.2) is 0 Å². The van der Waals surface area contributed by atoms with Gasteiger partial charge in [-0.25, -0.2) is 0 Å². The summed E-state index contributed by atoms with van der Waals surface area (Å²) in [6.07, 6.45) is 3.91. The smallest absolute Gasteiger partial charge is 0.116 e. The first-order valence-corrected chi connectivity index (χ1v) is 4.40. The molecule has 1 heterocycles. The van der Waals surface area contributed by atoms with Crippen LogP contribution in [0.3, 0.4) is 0 Å². The van der Waals surface area contributed by atoms with E-state index in [-0.39, 0.29) is 23.1 Å². The number of anilines is 1. The summed E-state index contributed by atoms with van der Waals surface area (Å²) in [4.78, 5) is 0. The lowest BCUT2D eigenvalue weighted by molar-refractivity contribution is 0.294. The lowest BCUT2D eigenvalue weighted by Gasteiger charge is -2.25. The Bertz CT molecular complexity index is 414. The van der Waals surface area contributed by atoms with E-state index in [0.717, 1.165) is 11.1 Å². The van der Waals surface area contributed by atoms with Crippen LogP contribution in [0.2, 0.25) is 0 Å². The minimum atomic E-state index is -0.100. The molecule has 1 aliphatic heterocycles. The fourth-order valence-electron chi connectivity index (χ4n) is 1.89. The van der Waals surface area contributed by atoms with Crippen molar-refractivity contribution in [3.05, 3.63) is 40.6 Å². The Hall–Kier alpha value is -1.36. The largest absolute Gasteiger partial charge is 0.733 e. The molecule has 0 amide bonds. The van der Waals surface area contributed by atoms with E-state index in [0.29, 0.717) is 0 Å². The van der Waals surface area contributed by atoms with Gasteiger partial charge in [0.25, 0.3) is 0 Å². The van der Waals surface area contributed by atoms with Gasteiger partial charge in [0, 0.05) is 5.56 Å². The molecule has 0 bridgehead atoms. The van der Waals surface area contributed by atoms with Crippen molar-refractivity contribution in [2.75, 3.05) is 5.23 Å². The lowest BCUT2D eigenvalue weighted by Crippen LogP contribution is -2.11. The number of fused-ring (bicyclic) bond motifs is 3. The molecule has 72 valence electrons. The Morgan fingerprint density at radius 1 is 1.43 bits per heavy atom. The molecule has 14 heavy (non-hydrogen) atoms. The zero-order valence-electron chi connectivity index (χ0n) is 7.25. The molecule has 1 saturated heterocycles. The van der Waals surface area contributed by atoms with Crippen molar-refractivity contribution in [2.24, 2.45) is 0 Å². The van der Waals surface area contributed by atoms with Crippen molar-refractivity contribution < 1.29 is 9.94 Å². The van der Waals surface area contributed by atoms with Crippen LogP contribution in [0.25, 0.3) is 6.08 Å².